The highest BCUT2D eigenvalue weighted by Crippen LogP contribution is 2.03. The molecule has 0 aliphatic rings. The summed E-state index contributed by atoms with van der Waals surface area (Å²) in [5, 5.41) is 5.48. The zero-order valence-corrected chi connectivity index (χ0v) is 11.7. The van der Waals surface area contributed by atoms with Crippen LogP contribution in [0.4, 0.5) is 5.82 Å². The van der Waals surface area contributed by atoms with Crippen molar-refractivity contribution in [2.45, 2.75) is 19.4 Å². The van der Waals surface area contributed by atoms with Gasteiger partial charge in [-0.2, -0.15) is 0 Å². The maximum absolute atomic E-state index is 11.9. The second-order valence-electron chi connectivity index (χ2n) is 4.71. The minimum absolute atomic E-state index is 0.186. The van der Waals surface area contributed by atoms with E-state index in [1.807, 2.05) is 6.07 Å². The number of rotatable bonds is 5. The molecule has 5 heteroatoms. The Balaban J connectivity index is 1.83. The number of hydrogen-bond acceptors (Lipinski definition) is 3. The van der Waals surface area contributed by atoms with E-state index in [1.54, 1.807) is 55.6 Å². The molecular formula is C16H17N3O2. The molecular weight excluding hydrogens is 266 g/mol. The fourth-order valence-electron chi connectivity index (χ4n) is 1.86. The Morgan fingerprint density at radius 3 is 2.48 bits per heavy atom. The Morgan fingerprint density at radius 2 is 1.81 bits per heavy atom. The highest BCUT2D eigenvalue weighted by Gasteiger charge is 2.13. The van der Waals surface area contributed by atoms with E-state index in [-0.39, 0.29) is 24.3 Å². The molecule has 2 N–H and O–H groups in total. The van der Waals surface area contributed by atoms with Crippen LogP contribution in [-0.2, 0) is 4.79 Å². The molecule has 1 aromatic carbocycles. The summed E-state index contributed by atoms with van der Waals surface area (Å²) in [6, 6.07) is 13.9. The summed E-state index contributed by atoms with van der Waals surface area (Å²) < 4.78 is 0. The summed E-state index contributed by atoms with van der Waals surface area (Å²) in [7, 11) is 0. The van der Waals surface area contributed by atoms with Gasteiger partial charge >= 0.3 is 0 Å². The molecule has 1 aromatic heterocycles. The van der Waals surface area contributed by atoms with Crippen LogP contribution in [0.1, 0.15) is 23.7 Å². The van der Waals surface area contributed by atoms with Gasteiger partial charge in [-0.05, 0) is 31.2 Å². The van der Waals surface area contributed by atoms with Gasteiger partial charge in [0.15, 0.2) is 0 Å². The van der Waals surface area contributed by atoms with Crippen LogP contribution in [0.2, 0.25) is 0 Å². The lowest BCUT2D eigenvalue weighted by molar-refractivity contribution is -0.116. The highest BCUT2D eigenvalue weighted by atomic mass is 16.2. The fraction of sp³-hybridized carbons (Fsp3) is 0.188. The molecule has 0 saturated carbocycles. The molecule has 1 heterocycles. The van der Waals surface area contributed by atoms with E-state index >= 15 is 0 Å². The molecule has 2 aromatic rings. The average molecular weight is 283 g/mol. The topological polar surface area (TPSA) is 71.1 Å². The fourth-order valence-corrected chi connectivity index (χ4v) is 1.86. The number of nitrogens with zero attached hydrogens (tertiary/aromatic N) is 1. The number of nitrogens with one attached hydrogen (secondary N) is 2. The largest absolute Gasteiger partial charge is 0.349 e. The third-order valence-electron chi connectivity index (χ3n) is 2.84. The van der Waals surface area contributed by atoms with Gasteiger partial charge in [0.25, 0.3) is 5.91 Å². The van der Waals surface area contributed by atoms with E-state index in [4.69, 9.17) is 0 Å². The standard InChI is InChI=1S/C16H17N3O2/c1-12(18-16(21)13-7-3-2-4-8-13)11-15(20)19-14-9-5-6-10-17-14/h2-10,12H,11H2,1H3,(H,18,21)(H,17,19,20)/t12-/m0/s1. The van der Waals surface area contributed by atoms with E-state index < -0.39 is 0 Å². The lowest BCUT2D eigenvalue weighted by Crippen LogP contribution is -2.35. The molecule has 2 rings (SSSR count). The van der Waals surface area contributed by atoms with Crippen LogP contribution in [0.25, 0.3) is 0 Å². The molecule has 0 aliphatic heterocycles. The third kappa shape index (κ3) is 4.72. The quantitative estimate of drug-likeness (QED) is 0.884. The Bertz CT molecular complexity index is 599. The number of pyridine rings is 1. The molecule has 5 nitrogen and oxygen atoms in total. The van der Waals surface area contributed by atoms with Crippen molar-refractivity contribution in [2.24, 2.45) is 0 Å². The normalized spacial score (nSPS) is 11.5. The summed E-state index contributed by atoms with van der Waals surface area (Å²) in [4.78, 5) is 27.8. The molecule has 1 atom stereocenters. The van der Waals surface area contributed by atoms with Gasteiger partial charge in [-0.25, -0.2) is 4.98 Å². The molecule has 0 radical (unpaired) electrons. The Labute approximate surface area is 123 Å². The minimum atomic E-state index is -0.263. The Kier molecular flexibility index (Phi) is 5.04. The zero-order valence-electron chi connectivity index (χ0n) is 11.7. The number of amides is 2. The number of carbonyl (C=O) groups excluding carboxylic acids is 2. The van der Waals surface area contributed by atoms with E-state index in [0.717, 1.165) is 0 Å². The van der Waals surface area contributed by atoms with Gasteiger partial charge in [-0.1, -0.05) is 24.3 Å². The van der Waals surface area contributed by atoms with Crippen LogP contribution in [0.15, 0.2) is 54.7 Å². The van der Waals surface area contributed by atoms with Crippen molar-refractivity contribution in [3.05, 3.63) is 60.3 Å². The van der Waals surface area contributed by atoms with Crippen LogP contribution in [-0.4, -0.2) is 22.8 Å². The lowest BCUT2D eigenvalue weighted by Gasteiger charge is -2.13. The molecule has 0 bridgehead atoms. The van der Waals surface area contributed by atoms with Crippen molar-refractivity contribution < 1.29 is 9.59 Å². The smallest absolute Gasteiger partial charge is 0.251 e. The van der Waals surface area contributed by atoms with Crippen molar-refractivity contribution >= 4 is 17.6 Å². The van der Waals surface area contributed by atoms with Gasteiger partial charge < -0.3 is 10.6 Å². The molecule has 0 aliphatic carbocycles. The SMILES string of the molecule is C[C@@H](CC(=O)Nc1ccccn1)NC(=O)c1ccccc1. The third-order valence-corrected chi connectivity index (χ3v) is 2.84. The summed E-state index contributed by atoms with van der Waals surface area (Å²) in [6.45, 7) is 1.79. The summed E-state index contributed by atoms with van der Waals surface area (Å²) in [6.07, 6.45) is 1.80. The maximum Gasteiger partial charge on any atom is 0.251 e. The highest BCUT2D eigenvalue weighted by molar-refractivity contribution is 5.95. The van der Waals surface area contributed by atoms with Gasteiger partial charge in [0.2, 0.25) is 5.91 Å². The molecule has 0 fully saturated rings. The summed E-state index contributed by atoms with van der Waals surface area (Å²) in [5.74, 6) is 0.132. The number of carbonyl (C=O) groups is 2. The van der Waals surface area contributed by atoms with Crippen LogP contribution >= 0.6 is 0 Å². The molecule has 0 unspecified atom stereocenters. The van der Waals surface area contributed by atoms with E-state index in [9.17, 15) is 9.59 Å². The van der Waals surface area contributed by atoms with Crippen molar-refractivity contribution in [1.82, 2.24) is 10.3 Å². The molecule has 0 saturated heterocycles. The molecule has 108 valence electrons. The molecule has 21 heavy (non-hydrogen) atoms. The average Bonchev–Trinajstić information content (AvgIpc) is 2.48. The van der Waals surface area contributed by atoms with Crippen molar-refractivity contribution in [2.75, 3.05) is 5.32 Å². The van der Waals surface area contributed by atoms with E-state index in [1.165, 1.54) is 0 Å². The molecule has 0 spiro atoms. The summed E-state index contributed by atoms with van der Waals surface area (Å²) in [5.41, 5.74) is 0.578. The number of benzene rings is 1. The number of hydrogen-bond donors (Lipinski definition) is 2. The monoisotopic (exact) mass is 283 g/mol. The van der Waals surface area contributed by atoms with Crippen LogP contribution in [0.3, 0.4) is 0 Å². The molecule has 2 amide bonds. The first-order valence-electron chi connectivity index (χ1n) is 6.72. The number of anilines is 1. The predicted molar refractivity (Wildman–Crippen MR) is 80.9 cm³/mol. The van der Waals surface area contributed by atoms with E-state index in [0.29, 0.717) is 11.4 Å². The number of aromatic nitrogens is 1. The zero-order chi connectivity index (χ0) is 15.1. The van der Waals surface area contributed by atoms with Crippen LogP contribution < -0.4 is 10.6 Å². The van der Waals surface area contributed by atoms with Gasteiger partial charge in [0.1, 0.15) is 5.82 Å². The lowest BCUT2D eigenvalue weighted by atomic mass is 10.1. The van der Waals surface area contributed by atoms with Crippen molar-refractivity contribution in [1.29, 1.82) is 0 Å². The van der Waals surface area contributed by atoms with Gasteiger partial charge in [0.05, 0.1) is 0 Å². The van der Waals surface area contributed by atoms with E-state index in [2.05, 4.69) is 15.6 Å². The first-order valence-corrected chi connectivity index (χ1v) is 6.72. The first-order chi connectivity index (χ1) is 10.1. The summed E-state index contributed by atoms with van der Waals surface area (Å²) >= 11 is 0. The van der Waals surface area contributed by atoms with Crippen molar-refractivity contribution in [3.8, 4) is 0 Å². The first kappa shape index (κ1) is 14.7. The second-order valence-corrected chi connectivity index (χ2v) is 4.71. The van der Waals surface area contributed by atoms with Crippen molar-refractivity contribution in [3.63, 3.8) is 0 Å². The van der Waals surface area contributed by atoms with Gasteiger partial charge in [-0.15, -0.1) is 0 Å². The van der Waals surface area contributed by atoms with Crippen LogP contribution in [0, 0.1) is 0 Å². The second kappa shape index (κ2) is 7.19. The Morgan fingerprint density at radius 1 is 1.10 bits per heavy atom. The van der Waals surface area contributed by atoms with Crippen LogP contribution in [0.5, 0.6) is 0 Å². The maximum atomic E-state index is 11.9. The Hall–Kier alpha value is -2.69. The minimum Gasteiger partial charge on any atom is -0.349 e. The predicted octanol–water partition coefficient (Wildman–Crippen LogP) is 2.23. The van der Waals surface area contributed by atoms with Gasteiger partial charge in [-0.3, -0.25) is 9.59 Å². The van der Waals surface area contributed by atoms with Gasteiger partial charge in [0, 0.05) is 24.2 Å².